The lowest BCUT2D eigenvalue weighted by Crippen LogP contribution is -2.81. The summed E-state index contributed by atoms with van der Waals surface area (Å²) in [5.74, 6) is -71.6. The summed E-state index contributed by atoms with van der Waals surface area (Å²) < 4.78 is 301. The van der Waals surface area contributed by atoms with Crippen LogP contribution >= 0.6 is 0 Å². The second-order valence-corrected chi connectivity index (χ2v) is 16.7. The zero-order chi connectivity index (χ0) is 57.7. The van der Waals surface area contributed by atoms with Crippen molar-refractivity contribution in [3.63, 3.8) is 0 Å². The molecule has 0 unspecified atom stereocenters. The Morgan fingerprint density at radius 2 is 0.658 bits per heavy atom. The number of ketones is 1. The fraction of sp³-hybridized carbons (Fsp3) is 0.0185. The number of benzene rings is 8. The average molecular weight is 1120 g/mol. The van der Waals surface area contributed by atoms with Crippen molar-refractivity contribution in [2.45, 2.75) is 6.54 Å². The summed E-state index contributed by atoms with van der Waals surface area (Å²) in [4.78, 5) is 26.2. The number of esters is 1. The van der Waals surface area contributed by atoms with Gasteiger partial charge >= 0.3 is 5.97 Å². The summed E-state index contributed by atoms with van der Waals surface area (Å²) in [5.41, 5.74) is -10.5. The lowest BCUT2D eigenvalue weighted by atomic mass is 9.12. The molecule has 0 amide bonds. The maximum Gasteiger partial charge on any atom is 0.409 e. The van der Waals surface area contributed by atoms with Crippen LogP contribution in [0.2, 0.25) is 0 Å². The van der Waals surface area contributed by atoms with Gasteiger partial charge in [-0.1, -0.05) is 84.9 Å². The first-order chi connectivity index (χ1) is 37.4. The van der Waals surface area contributed by atoms with E-state index in [0.29, 0.717) is 17.0 Å². The molecule has 0 spiro atoms. The zero-order valence-corrected chi connectivity index (χ0v) is 38.6. The molecule has 1 heterocycles. The highest BCUT2D eigenvalue weighted by Gasteiger charge is 2.52. The minimum absolute atomic E-state index is 0.0305. The first-order valence-corrected chi connectivity index (χ1v) is 22.0. The van der Waals surface area contributed by atoms with E-state index in [0.717, 1.165) is 22.0 Å². The van der Waals surface area contributed by atoms with Crippen LogP contribution < -0.4 is 31.2 Å². The molecule has 404 valence electrons. The van der Waals surface area contributed by atoms with Crippen molar-refractivity contribution in [1.82, 2.24) is 0 Å². The van der Waals surface area contributed by atoms with E-state index in [1.54, 1.807) is 34.9 Å². The Bertz CT molecular complexity index is 3560. The molecule has 0 saturated carbocycles. The number of Topliss-reactive ketones (excluding diaryl/α,β-unsaturated/α-hetero) is 1. The van der Waals surface area contributed by atoms with E-state index in [2.05, 4.69) is 0 Å². The predicted molar refractivity (Wildman–Crippen MR) is 241 cm³/mol. The van der Waals surface area contributed by atoms with Crippen LogP contribution in [0.15, 0.2) is 121 Å². The maximum absolute atomic E-state index is 15.4. The van der Waals surface area contributed by atoms with Gasteiger partial charge in [-0.15, -0.1) is 21.9 Å². The predicted octanol–water partition coefficient (Wildman–Crippen LogP) is 11.7. The first-order valence-electron chi connectivity index (χ1n) is 22.0. The van der Waals surface area contributed by atoms with Gasteiger partial charge in [0, 0.05) is 23.1 Å². The molecule has 4 nitrogen and oxygen atoms in total. The number of aromatic nitrogens is 1. The molecule has 79 heavy (non-hydrogen) atoms. The van der Waals surface area contributed by atoms with Gasteiger partial charge in [0.1, 0.15) is 58.4 Å². The summed E-state index contributed by atoms with van der Waals surface area (Å²) in [6, 6.07) is 37.7. The van der Waals surface area contributed by atoms with Crippen molar-refractivity contribution < 1.29 is 107 Å². The molecule has 9 aromatic rings. The Labute approximate surface area is 428 Å². The summed E-state index contributed by atoms with van der Waals surface area (Å²) in [5, 5.41) is 0.937. The largest absolute Gasteiger partial charge is 0.419 e. The monoisotopic (exact) mass is 1120 g/mol. The van der Waals surface area contributed by atoms with Crippen molar-refractivity contribution in [2.24, 2.45) is 0 Å². The number of rotatable bonds is 10. The number of carbonyl (C=O) groups excluding carboxylic acids is 2. The van der Waals surface area contributed by atoms with E-state index < -0.39 is 150 Å². The van der Waals surface area contributed by atoms with E-state index in [1.165, 1.54) is 0 Å². The molecule has 9 rings (SSSR count). The normalized spacial score (nSPS) is 11.4. The number of hydrogen-bond acceptors (Lipinski definition) is 3. The van der Waals surface area contributed by atoms with E-state index in [4.69, 9.17) is 4.74 Å². The van der Waals surface area contributed by atoms with E-state index in [-0.39, 0.29) is 12.3 Å². The summed E-state index contributed by atoms with van der Waals surface area (Å²) in [6.45, 7) is 0.0305. The van der Waals surface area contributed by atoms with E-state index in [1.807, 2.05) is 91.0 Å². The third kappa shape index (κ3) is 9.45. The fourth-order valence-electron chi connectivity index (χ4n) is 8.85. The van der Waals surface area contributed by atoms with Gasteiger partial charge in [-0.2, -0.15) is 4.57 Å². The van der Waals surface area contributed by atoms with Crippen molar-refractivity contribution in [3.05, 3.63) is 249 Å². The summed E-state index contributed by atoms with van der Waals surface area (Å²) in [6.07, 6.45) is -7.22. The molecule has 0 atom stereocenters. The molecule has 25 heteroatoms. The van der Waals surface area contributed by atoms with Crippen LogP contribution in [0.3, 0.4) is 0 Å². The number of halogens is 20. The van der Waals surface area contributed by atoms with Crippen LogP contribution in [0.1, 0.15) is 20.8 Å². The molecular weight excluding hydrogens is 1100 g/mol. The van der Waals surface area contributed by atoms with Gasteiger partial charge in [0.05, 0.1) is 0 Å². The van der Waals surface area contributed by atoms with Crippen molar-refractivity contribution in [3.8, 4) is 16.9 Å². The molecular formula is C54H22BF20NO3. The van der Waals surface area contributed by atoms with E-state index >= 15 is 35.1 Å². The van der Waals surface area contributed by atoms with Crippen LogP contribution in [0.5, 0.6) is 5.75 Å². The van der Waals surface area contributed by atoms with Gasteiger partial charge in [-0.05, 0) is 35.4 Å². The SMILES string of the molecule is Fc1c(F)c(F)c([B-](c2c(F)c(F)c(F)c(F)c2F)(c2c(F)c(F)c(F)c(F)c2F)c2c(F)c(F)c(F)c(F)c2F)c(F)c1F.O=C(C[n+]1c(C(=O)Oc2ccc(-c3ccccc3)cc2)ccc2ccccc21)c1ccccc1. The molecule has 1 aromatic heterocycles. The standard InChI is InChI=1S/C30H22NO3.C24BF20/c32-29(25-12-5-2-6-13-25)21-31-27-14-8-7-11-24(27)17-20-28(31)30(33)34-26-18-15-23(16-19-26)22-9-3-1-4-10-22;26-5-1(6(27)14(35)21(42)13(5)34)25(2-7(28)15(36)22(43)16(37)8(2)29,3-9(30)17(38)23(44)18(39)10(3)31)4-11(32)19(40)24(45)20(41)12(4)33/h1-20H,21H2;/q+1;-1. The van der Waals surface area contributed by atoms with Gasteiger partial charge in [0.25, 0.3) is 5.69 Å². The number of ether oxygens (including phenoxy) is 1. The molecule has 0 N–H and O–H groups in total. The third-order valence-electron chi connectivity index (χ3n) is 12.4. The van der Waals surface area contributed by atoms with Gasteiger partial charge in [0.2, 0.25) is 17.8 Å². The number of pyridine rings is 1. The fourth-order valence-corrected chi connectivity index (χ4v) is 8.85. The van der Waals surface area contributed by atoms with Crippen molar-refractivity contribution >= 4 is 50.7 Å². The number of fused-ring (bicyclic) bond motifs is 1. The molecule has 8 aromatic carbocycles. The Morgan fingerprint density at radius 3 is 1.04 bits per heavy atom. The highest BCUT2D eigenvalue weighted by Crippen LogP contribution is 2.31. The minimum Gasteiger partial charge on any atom is -0.419 e. The molecule has 0 aliphatic rings. The zero-order valence-electron chi connectivity index (χ0n) is 38.6. The van der Waals surface area contributed by atoms with Gasteiger partial charge < -0.3 is 4.74 Å². The molecule has 0 aliphatic carbocycles. The summed E-state index contributed by atoms with van der Waals surface area (Å²) >= 11 is 0. The topological polar surface area (TPSA) is 47.2 Å². The van der Waals surface area contributed by atoms with Gasteiger partial charge in [-0.3, -0.25) is 4.79 Å². The second-order valence-electron chi connectivity index (χ2n) is 16.7. The van der Waals surface area contributed by atoms with Crippen molar-refractivity contribution in [1.29, 1.82) is 0 Å². The minimum atomic E-state index is -7.22. The number of hydrogen-bond donors (Lipinski definition) is 0. The van der Waals surface area contributed by atoms with Crippen LogP contribution in [0, 0.1) is 116 Å². The second kappa shape index (κ2) is 21.8. The smallest absolute Gasteiger partial charge is 0.409 e. The lowest BCUT2D eigenvalue weighted by Gasteiger charge is -2.44. The Balaban J connectivity index is 0.000000216. The Kier molecular flexibility index (Phi) is 15.5. The molecule has 0 radical (unpaired) electrons. The molecule has 0 saturated heterocycles. The quantitative estimate of drug-likeness (QED) is 0.0200. The van der Waals surface area contributed by atoms with Crippen LogP contribution in [0.25, 0.3) is 22.0 Å². The van der Waals surface area contributed by atoms with E-state index in [9.17, 15) is 62.3 Å². The third-order valence-corrected chi connectivity index (χ3v) is 12.4. The summed E-state index contributed by atoms with van der Waals surface area (Å²) in [7, 11) is 0. The molecule has 0 aliphatic heterocycles. The Morgan fingerprint density at radius 1 is 0.342 bits per heavy atom. The first kappa shape index (κ1) is 56.2. The average Bonchev–Trinajstić information content (AvgIpc) is 3.46. The highest BCUT2D eigenvalue weighted by atomic mass is 19.2. The van der Waals surface area contributed by atoms with Gasteiger partial charge in [0.15, 0.2) is 69.8 Å². The van der Waals surface area contributed by atoms with Crippen LogP contribution in [-0.2, 0) is 6.54 Å². The Hall–Kier alpha value is -9.03. The number of nitrogens with zero attached hydrogens (tertiary/aromatic N) is 1. The number of carbonyl (C=O) groups is 2. The number of para-hydroxylation sites is 1. The lowest BCUT2D eigenvalue weighted by molar-refractivity contribution is -0.659. The molecule has 0 bridgehead atoms. The van der Waals surface area contributed by atoms with Crippen molar-refractivity contribution in [2.75, 3.05) is 0 Å². The van der Waals surface area contributed by atoms with Crippen LogP contribution in [0.4, 0.5) is 87.8 Å². The van der Waals surface area contributed by atoms with Crippen LogP contribution in [-0.4, -0.2) is 17.9 Å². The maximum atomic E-state index is 15.4. The highest BCUT2D eigenvalue weighted by molar-refractivity contribution is 7.20. The van der Waals surface area contributed by atoms with Gasteiger partial charge in [-0.25, -0.2) is 92.6 Å². The molecule has 0 fully saturated rings.